The first-order chi connectivity index (χ1) is 17.0. The summed E-state index contributed by atoms with van der Waals surface area (Å²) in [6.45, 7) is 1.29. The second-order valence-electron chi connectivity index (χ2n) is 8.61. The van der Waals surface area contributed by atoms with Crippen LogP contribution in [0.25, 0.3) is 0 Å². The molecule has 3 aromatic carbocycles. The Bertz CT molecular complexity index is 1250. The molecule has 2 heterocycles. The molecule has 2 aliphatic rings. The summed E-state index contributed by atoms with van der Waals surface area (Å²) in [5.74, 6) is 1.27. The molecular formula is C27H25ClN2O5. The number of nitrogens with one attached hydrogen (secondary N) is 1. The predicted molar refractivity (Wildman–Crippen MR) is 131 cm³/mol. The normalized spacial score (nSPS) is 18.4. The number of nitrogens with zero attached hydrogens (tertiary/aromatic N) is 1. The van der Waals surface area contributed by atoms with Crippen LogP contribution in [0.3, 0.4) is 0 Å². The molecule has 0 spiro atoms. The van der Waals surface area contributed by atoms with Crippen molar-refractivity contribution in [2.24, 2.45) is 5.92 Å². The molecule has 1 N–H and O–H groups in total. The van der Waals surface area contributed by atoms with E-state index in [1.54, 1.807) is 36.3 Å². The van der Waals surface area contributed by atoms with Crippen molar-refractivity contribution < 1.29 is 23.8 Å². The van der Waals surface area contributed by atoms with Crippen LogP contribution in [0.15, 0.2) is 66.7 Å². The van der Waals surface area contributed by atoms with E-state index < -0.39 is 5.92 Å². The van der Waals surface area contributed by atoms with Crippen LogP contribution in [0, 0.1) is 5.92 Å². The molecule has 8 heteroatoms. The molecule has 0 bridgehead atoms. The van der Waals surface area contributed by atoms with Crippen LogP contribution in [0.4, 0.5) is 0 Å². The monoisotopic (exact) mass is 492 g/mol. The number of carbonyl (C=O) groups excluding carboxylic acids is 2. The van der Waals surface area contributed by atoms with Crippen molar-refractivity contribution in [2.45, 2.75) is 12.5 Å². The second-order valence-corrected chi connectivity index (χ2v) is 9.05. The summed E-state index contributed by atoms with van der Waals surface area (Å²) >= 11 is 5.98. The molecule has 1 fully saturated rings. The summed E-state index contributed by atoms with van der Waals surface area (Å²) in [6, 6.07) is 20.1. The summed E-state index contributed by atoms with van der Waals surface area (Å²) in [6.07, 6.45) is 0. The highest BCUT2D eigenvalue weighted by molar-refractivity contribution is 6.30. The Morgan fingerprint density at radius 2 is 1.83 bits per heavy atom. The number of rotatable bonds is 6. The van der Waals surface area contributed by atoms with Gasteiger partial charge in [-0.05, 0) is 59.7 Å². The second kappa shape index (κ2) is 9.88. The van der Waals surface area contributed by atoms with Gasteiger partial charge in [0, 0.05) is 36.1 Å². The fourth-order valence-corrected chi connectivity index (χ4v) is 4.72. The minimum absolute atomic E-state index is 0.109. The highest BCUT2D eigenvalue weighted by Crippen LogP contribution is 2.36. The number of amides is 2. The summed E-state index contributed by atoms with van der Waals surface area (Å²) in [4.78, 5) is 28.3. The number of hydrogen-bond acceptors (Lipinski definition) is 5. The van der Waals surface area contributed by atoms with Gasteiger partial charge >= 0.3 is 0 Å². The molecule has 3 aromatic rings. The maximum absolute atomic E-state index is 13.4. The fourth-order valence-electron chi connectivity index (χ4n) is 4.59. The molecule has 2 amide bonds. The van der Waals surface area contributed by atoms with Crippen molar-refractivity contribution in [3.05, 3.63) is 88.4 Å². The number of fused-ring (bicyclic) bond motifs is 1. The zero-order valence-corrected chi connectivity index (χ0v) is 20.0. The third-order valence-electron chi connectivity index (χ3n) is 6.46. The van der Waals surface area contributed by atoms with Gasteiger partial charge in [-0.1, -0.05) is 29.8 Å². The van der Waals surface area contributed by atoms with Gasteiger partial charge in [0.1, 0.15) is 5.75 Å². The van der Waals surface area contributed by atoms with Gasteiger partial charge in [0.15, 0.2) is 11.5 Å². The summed E-state index contributed by atoms with van der Waals surface area (Å²) < 4.78 is 16.2. The molecule has 0 radical (unpaired) electrons. The lowest BCUT2D eigenvalue weighted by Gasteiger charge is -2.19. The van der Waals surface area contributed by atoms with Crippen LogP contribution in [0.1, 0.15) is 27.4 Å². The van der Waals surface area contributed by atoms with E-state index in [1.165, 1.54) is 0 Å². The molecular weight excluding hydrogens is 468 g/mol. The molecule has 5 rings (SSSR count). The van der Waals surface area contributed by atoms with Gasteiger partial charge in [-0.3, -0.25) is 9.59 Å². The highest BCUT2D eigenvalue weighted by atomic mass is 35.5. The first-order valence-corrected chi connectivity index (χ1v) is 11.7. The van der Waals surface area contributed by atoms with Crippen LogP contribution >= 0.6 is 11.6 Å². The minimum atomic E-state index is -0.410. The standard InChI is InChI=1S/C27H25ClN2O5/c1-33-21-4-2-3-19(12-21)22-14-30(27(32)18-6-8-20(28)9-7-18)15-23(22)26(31)29-13-17-5-10-24-25(11-17)35-16-34-24/h2-12,22-23H,13-16H2,1H3,(H,29,31). The Balaban J connectivity index is 1.35. The molecule has 2 aliphatic heterocycles. The van der Waals surface area contributed by atoms with Crippen molar-refractivity contribution in [2.75, 3.05) is 27.0 Å². The summed E-state index contributed by atoms with van der Waals surface area (Å²) in [7, 11) is 1.61. The predicted octanol–water partition coefficient (Wildman–Crippen LogP) is 4.25. The maximum Gasteiger partial charge on any atom is 0.253 e. The Morgan fingerprint density at radius 1 is 1.03 bits per heavy atom. The fraction of sp³-hybridized carbons (Fsp3) is 0.259. The average molecular weight is 493 g/mol. The van der Waals surface area contributed by atoms with Gasteiger partial charge in [-0.15, -0.1) is 0 Å². The van der Waals surface area contributed by atoms with Crippen molar-refractivity contribution >= 4 is 23.4 Å². The summed E-state index contributed by atoms with van der Waals surface area (Å²) in [5.41, 5.74) is 2.41. The third-order valence-corrected chi connectivity index (χ3v) is 6.71. The first kappa shape index (κ1) is 23.1. The van der Waals surface area contributed by atoms with Crippen molar-refractivity contribution in [1.82, 2.24) is 10.2 Å². The smallest absolute Gasteiger partial charge is 0.253 e. The van der Waals surface area contributed by atoms with Gasteiger partial charge in [-0.2, -0.15) is 0 Å². The van der Waals surface area contributed by atoms with E-state index in [2.05, 4.69) is 5.32 Å². The van der Waals surface area contributed by atoms with Crippen molar-refractivity contribution in [1.29, 1.82) is 0 Å². The number of methoxy groups -OCH3 is 1. The van der Waals surface area contributed by atoms with Crippen LogP contribution in [0.2, 0.25) is 5.02 Å². The van der Waals surface area contributed by atoms with Gasteiger partial charge in [-0.25, -0.2) is 0 Å². The topological polar surface area (TPSA) is 77.1 Å². The van der Waals surface area contributed by atoms with E-state index >= 15 is 0 Å². The van der Waals surface area contributed by atoms with Gasteiger partial charge in [0.05, 0.1) is 13.0 Å². The zero-order chi connectivity index (χ0) is 24.4. The SMILES string of the molecule is COc1cccc(C2CN(C(=O)c3ccc(Cl)cc3)CC2C(=O)NCc2ccc3c(c2)OCO3)c1. The van der Waals surface area contributed by atoms with E-state index in [0.717, 1.165) is 11.1 Å². The van der Waals surface area contributed by atoms with Crippen molar-refractivity contribution in [3.8, 4) is 17.2 Å². The maximum atomic E-state index is 13.4. The Kier molecular flexibility index (Phi) is 6.51. The molecule has 2 unspecified atom stereocenters. The molecule has 0 saturated carbocycles. The number of carbonyl (C=O) groups is 2. The average Bonchev–Trinajstić information content (AvgIpc) is 3.54. The highest BCUT2D eigenvalue weighted by Gasteiger charge is 2.40. The lowest BCUT2D eigenvalue weighted by Crippen LogP contribution is -2.35. The first-order valence-electron chi connectivity index (χ1n) is 11.4. The zero-order valence-electron chi connectivity index (χ0n) is 19.2. The molecule has 0 aromatic heterocycles. The number of likely N-dealkylation sites (tertiary alicyclic amines) is 1. The Morgan fingerprint density at radius 3 is 2.63 bits per heavy atom. The lowest BCUT2D eigenvalue weighted by molar-refractivity contribution is -0.125. The molecule has 180 valence electrons. The third kappa shape index (κ3) is 4.91. The van der Waals surface area contributed by atoms with Crippen LogP contribution < -0.4 is 19.5 Å². The van der Waals surface area contributed by atoms with Crippen LogP contribution in [0.5, 0.6) is 17.2 Å². The lowest BCUT2D eigenvalue weighted by atomic mass is 9.88. The van der Waals surface area contributed by atoms with Gasteiger partial charge in [0.2, 0.25) is 12.7 Å². The minimum Gasteiger partial charge on any atom is -0.497 e. The largest absolute Gasteiger partial charge is 0.497 e. The number of ether oxygens (including phenoxy) is 3. The van der Waals surface area contributed by atoms with Gasteiger partial charge in [0.25, 0.3) is 5.91 Å². The van der Waals surface area contributed by atoms with E-state index in [1.807, 2.05) is 42.5 Å². The summed E-state index contributed by atoms with van der Waals surface area (Å²) in [5, 5.41) is 3.61. The molecule has 7 nitrogen and oxygen atoms in total. The number of hydrogen-bond donors (Lipinski definition) is 1. The van der Waals surface area contributed by atoms with Gasteiger partial charge < -0.3 is 24.4 Å². The van der Waals surface area contributed by atoms with Crippen molar-refractivity contribution in [3.63, 3.8) is 0 Å². The van der Waals surface area contributed by atoms with E-state index in [4.69, 9.17) is 25.8 Å². The van der Waals surface area contributed by atoms with E-state index in [0.29, 0.717) is 47.5 Å². The Labute approximate surface area is 208 Å². The Hall–Kier alpha value is -3.71. The van der Waals surface area contributed by atoms with Crippen LogP contribution in [-0.2, 0) is 11.3 Å². The molecule has 0 aliphatic carbocycles. The van der Waals surface area contributed by atoms with E-state index in [9.17, 15) is 9.59 Å². The number of halogens is 1. The van der Waals surface area contributed by atoms with E-state index in [-0.39, 0.29) is 24.5 Å². The number of benzene rings is 3. The molecule has 35 heavy (non-hydrogen) atoms. The molecule has 2 atom stereocenters. The van der Waals surface area contributed by atoms with Crippen LogP contribution in [-0.4, -0.2) is 43.7 Å². The molecule has 1 saturated heterocycles. The quantitative estimate of drug-likeness (QED) is 0.556.